The minimum atomic E-state index is -0.684. The molecule has 0 bridgehead atoms. The minimum absolute atomic E-state index is 0.0594. The number of allylic oxidation sites excluding steroid dienone is 1. The van der Waals surface area contributed by atoms with Crippen LogP contribution < -0.4 is 9.47 Å². The van der Waals surface area contributed by atoms with E-state index in [1.54, 1.807) is 12.1 Å². The highest BCUT2D eigenvalue weighted by Crippen LogP contribution is 2.48. The van der Waals surface area contributed by atoms with Crippen molar-refractivity contribution in [2.24, 2.45) is 5.92 Å². The van der Waals surface area contributed by atoms with E-state index in [1.807, 2.05) is 31.2 Å². The van der Waals surface area contributed by atoms with Gasteiger partial charge in [0.15, 0.2) is 0 Å². The van der Waals surface area contributed by atoms with E-state index in [4.69, 9.17) is 9.47 Å². The molecule has 0 saturated carbocycles. The summed E-state index contributed by atoms with van der Waals surface area (Å²) < 4.78 is 53.6. The van der Waals surface area contributed by atoms with Crippen molar-refractivity contribution in [3.8, 4) is 17.2 Å². The molecule has 35 heavy (non-hydrogen) atoms. The predicted octanol–water partition coefficient (Wildman–Crippen LogP) is 6.01. The second-order valence-electron chi connectivity index (χ2n) is 9.04. The maximum Gasteiger partial charge on any atom is 0.150 e. The van der Waals surface area contributed by atoms with E-state index >= 15 is 0 Å². The standard InChI is InChI=1S/C28H26F3NO3/c1-17-23-13-21(33)5-9-26(23)35-28(27(17)24-12-20(30)4-8-25(24)31)19-2-6-22(7-3-19)34-11-10-32-15-18(14-29)16-32/h2-9,12-13,18,28,33H,10-11,14-16H2,1H3/t28-/m0/s1. The molecule has 0 spiro atoms. The number of nitrogens with zero attached hydrogens (tertiary/aromatic N) is 1. The molecule has 0 radical (unpaired) electrons. The molecule has 3 aromatic rings. The van der Waals surface area contributed by atoms with Crippen LogP contribution in [0.4, 0.5) is 13.2 Å². The van der Waals surface area contributed by atoms with E-state index in [0.717, 1.165) is 37.3 Å². The average molecular weight is 482 g/mol. The molecule has 1 saturated heterocycles. The van der Waals surface area contributed by atoms with Gasteiger partial charge in [-0.15, -0.1) is 0 Å². The Balaban J connectivity index is 1.41. The van der Waals surface area contributed by atoms with Crippen LogP contribution in [-0.4, -0.2) is 42.9 Å². The zero-order valence-corrected chi connectivity index (χ0v) is 19.3. The Morgan fingerprint density at radius 1 is 1.00 bits per heavy atom. The molecule has 2 aliphatic rings. The SMILES string of the molecule is CC1=C(c2cc(F)ccc2F)[C@H](c2ccc(OCCN3CC(CF)C3)cc2)Oc2ccc(O)cc21. The Morgan fingerprint density at radius 3 is 2.51 bits per heavy atom. The van der Waals surface area contributed by atoms with E-state index in [-0.39, 0.29) is 23.9 Å². The van der Waals surface area contributed by atoms with Gasteiger partial charge in [-0.3, -0.25) is 9.29 Å². The van der Waals surface area contributed by atoms with Gasteiger partial charge in [-0.05, 0) is 66.6 Å². The fourth-order valence-corrected chi connectivity index (χ4v) is 4.71. The fraction of sp³-hybridized carbons (Fsp3) is 0.286. The summed E-state index contributed by atoms with van der Waals surface area (Å²) in [5, 5.41) is 9.98. The molecule has 2 aliphatic heterocycles. The molecule has 0 aromatic heterocycles. The van der Waals surface area contributed by atoms with Crippen molar-refractivity contribution in [2.45, 2.75) is 13.0 Å². The van der Waals surface area contributed by atoms with E-state index in [9.17, 15) is 18.3 Å². The normalized spacial score (nSPS) is 18.1. The Labute approximate surface area is 202 Å². The highest BCUT2D eigenvalue weighted by atomic mass is 19.1. The maximum atomic E-state index is 14.9. The van der Waals surface area contributed by atoms with Crippen LogP contribution in [0, 0.1) is 17.6 Å². The molecule has 7 heteroatoms. The fourth-order valence-electron chi connectivity index (χ4n) is 4.71. The summed E-state index contributed by atoms with van der Waals surface area (Å²) in [7, 11) is 0. The zero-order chi connectivity index (χ0) is 24.5. The van der Waals surface area contributed by atoms with Gasteiger partial charge in [0.2, 0.25) is 0 Å². The maximum absolute atomic E-state index is 14.9. The van der Waals surface area contributed by atoms with Gasteiger partial charge in [-0.25, -0.2) is 8.78 Å². The number of benzene rings is 3. The molecule has 3 aromatic carbocycles. The summed E-state index contributed by atoms with van der Waals surface area (Å²) in [5.41, 5.74) is 2.68. The van der Waals surface area contributed by atoms with Crippen LogP contribution >= 0.6 is 0 Å². The lowest BCUT2D eigenvalue weighted by atomic mass is 9.86. The van der Waals surface area contributed by atoms with Crippen molar-refractivity contribution in [3.05, 3.63) is 89.0 Å². The molecule has 0 unspecified atom stereocenters. The molecule has 2 heterocycles. The Bertz CT molecular complexity index is 1250. The first-order valence-electron chi connectivity index (χ1n) is 11.6. The first-order valence-corrected chi connectivity index (χ1v) is 11.6. The lowest BCUT2D eigenvalue weighted by Gasteiger charge is -2.37. The lowest BCUT2D eigenvalue weighted by Crippen LogP contribution is -2.49. The molecule has 4 nitrogen and oxygen atoms in total. The van der Waals surface area contributed by atoms with Gasteiger partial charge in [0.1, 0.15) is 41.6 Å². The number of hydrogen-bond acceptors (Lipinski definition) is 4. The van der Waals surface area contributed by atoms with Crippen LogP contribution in [0.1, 0.15) is 29.7 Å². The van der Waals surface area contributed by atoms with Crippen molar-refractivity contribution in [1.29, 1.82) is 0 Å². The van der Waals surface area contributed by atoms with E-state index in [2.05, 4.69) is 4.90 Å². The van der Waals surface area contributed by atoms with Crippen LogP contribution in [0.5, 0.6) is 17.2 Å². The van der Waals surface area contributed by atoms with E-state index < -0.39 is 17.7 Å². The number of rotatable bonds is 7. The van der Waals surface area contributed by atoms with Crippen molar-refractivity contribution < 1.29 is 27.8 Å². The second-order valence-corrected chi connectivity index (χ2v) is 9.04. The van der Waals surface area contributed by atoms with Crippen LogP contribution in [-0.2, 0) is 0 Å². The summed E-state index contributed by atoms with van der Waals surface area (Å²) in [4.78, 5) is 2.15. The molecule has 1 N–H and O–H groups in total. The summed E-state index contributed by atoms with van der Waals surface area (Å²) in [6.45, 7) is 4.30. The van der Waals surface area contributed by atoms with Crippen molar-refractivity contribution in [2.75, 3.05) is 32.9 Å². The number of ether oxygens (including phenoxy) is 2. The highest BCUT2D eigenvalue weighted by Gasteiger charge is 2.31. The first kappa shape index (κ1) is 23.3. The summed E-state index contributed by atoms with van der Waals surface area (Å²) >= 11 is 0. The molecule has 0 amide bonds. The van der Waals surface area contributed by atoms with Gasteiger partial charge in [0, 0.05) is 42.3 Å². The van der Waals surface area contributed by atoms with Crippen LogP contribution in [0.2, 0.25) is 0 Å². The number of halogens is 3. The van der Waals surface area contributed by atoms with Gasteiger partial charge in [-0.2, -0.15) is 0 Å². The van der Waals surface area contributed by atoms with Crippen molar-refractivity contribution in [1.82, 2.24) is 4.90 Å². The predicted molar refractivity (Wildman–Crippen MR) is 128 cm³/mol. The Hall–Kier alpha value is -3.45. The number of phenols is 1. The number of fused-ring (bicyclic) bond motifs is 1. The monoisotopic (exact) mass is 481 g/mol. The number of phenolic OH excluding ortho intramolecular Hbond substituents is 1. The number of likely N-dealkylation sites (tertiary alicyclic amines) is 1. The van der Waals surface area contributed by atoms with E-state index in [0.29, 0.717) is 34.8 Å². The third-order valence-corrected chi connectivity index (χ3v) is 6.61. The van der Waals surface area contributed by atoms with Crippen molar-refractivity contribution in [3.63, 3.8) is 0 Å². The highest BCUT2D eigenvalue weighted by molar-refractivity contribution is 5.95. The van der Waals surface area contributed by atoms with Crippen LogP contribution in [0.15, 0.2) is 60.7 Å². The molecule has 1 fully saturated rings. The third kappa shape index (κ3) is 4.73. The van der Waals surface area contributed by atoms with Gasteiger partial charge in [-0.1, -0.05) is 12.1 Å². The average Bonchev–Trinajstić information content (AvgIpc) is 2.83. The van der Waals surface area contributed by atoms with Gasteiger partial charge >= 0.3 is 0 Å². The molecule has 182 valence electrons. The van der Waals surface area contributed by atoms with Gasteiger partial charge in [0.25, 0.3) is 0 Å². The van der Waals surface area contributed by atoms with Gasteiger partial charge < -0.3 is 14.6 Å². The topological polar surface area (TPSA) is 41.9 Å². The first-order chi connectivity index (χ1) is 16.9. The largest absolute Gasteiger partial charge is 0.508 e. The van der Waals surface area contributed by atoms with Gasteiger partial charge in [0.05, 0.1) is 6.67 Å². The molecule has 1 atom stereocenters. The Morgan fingerprint density at radius 2 is 1.77 bits per heavy atom. The van der Waals surface area contributed by atoms with Crippen LogP contribution in [0.3, 0.4) is 0 Å². The number of aromatic hydroxyl groups is 1. The molecular formula is C28H26F3NO3. The smallest absolute Gasteiger partial charge is 0.150 e. The Kier molecular flexibility index (Phi) is 6.43. The summed E-state index contributed by atoms with van der Waals surface area (Å²) in [5.74, 6) is 0.325. The van der Waals surface area contributed by atoms with Crippen molar-refractivity contribution >= 4 is 11.1 Å². The zero-order valence-electron chi connectivity index (χ0n) is 19.3. The van der Waals surface area contributed by atoms with Crippen LogP contribution in [0.25, 0.3) is 11.1 Å². The molecular weight excluding hydrogens is 455 g/mol. The van der Waals surface area contributed by atoms with E-state index in [1.165, 1.54) is 12.1 Å². The summed E-state index contributed by atoms with van der Waals surface area (Å²) in [6, 6.07) is 15.4. The number of hydrogen-bond donors (Lipinski definition) is 1. The lowest BCUT2D eigenvalue weighted by molar-refractivity contribution is 0.0668. The minimum Gasteiger partial charge on any atom is -0.508 e. The summed E-state index contributed by atoms with van der Waals surface area (Å²) in [6.07, 6.45) is -0.684. The molecule has 0 aliphatic carbocycles. The molecule has 5 rings (SSSR count). The quantitative estimate of drug-likeness (QED) is 0.449. The number of alkyl halides is 1. The third-order valence-electron chi connectivity index (χ3n) is 6.61. The second kappa shape index (κ2) is 9.66.